The smallest absolute Gasteiger partial charge is 0.326 e. The molecule has 0 amide bonds. The van der Waals surface area contributed by atoms with Gasteiger partial charge in [0.15, 0.2) is 0 Å². The number of anilines is 2. The SMILES string of the molecule is CC(C(=O)O)N(C)c1nccc(NC2CCCOC2)n1. The lowest BCUT2D eigenvalue weighted by molar-refractivity contribution is -0.138. The minimum Gasteiger partial charge on any atom is -0.480 e. The fourth-order valence-corrected chi connectivity index (χ4v) is 2.00. The van der Waals surface area contributed by atoms with E-state index in [0.29, 0.717) is 18.4 Å². The Kier molecular flexibility index (Phi) is 4.73. The normalized spacial score (nSPS) is 20.2. The van der Waals surface area contributed by atoms with Gasteiger partial charge in [0.05, 0.1) is 12.6 Å². The van der Waals surface area contributed by atoms with E-state index >= 15 is 0 Å². The molecule has 2 N–H and O–H groups in total. The van der Waals surface area contributed by atoms with E-state index in [4.69, 9.17) is 9.84 Å². The molecule has 7 heteroatoms. The standard InChI is InChI=1S/C13H20N4O3/c1-9(12(18)19)17(2)13-14-6-5-11(16-13)15-10-4-3-7-20-8-10/h5-6,9-10H,3-4,7-8H2,1-2H3,(H,18,19)(H,14,15,16). The molecule has 0 bridgehead atoms. The fourth-order valence-electron chi connectivity index (χ4n) is 2.00. The first kappa shape index (κ1) is 14.5. The third kappa shape index (κ3) is 3.57. The predicted octanol–water partition coefficient (Wildman–Crippen LogP) is 0.977. The van der Waals surface area contributed by atoms with Gasteiger partial charge in [-0.25, -0.2) is 9.78 Å². The number of carbonyl (C=O) groups is 1. The Hall–Kier alpha value is -1.89. The molecule has 110 valence electrons. The number of aliphatic carboxylic acids is 1. The number of hydrogen-bond acceptors (Lipinski definition) is 6. The maximum Gasteiger partial charge on any atom is 0.326 e. The molecular weight excluding hydrogens is 260 g/mol. The Labute approximate surface area is 118 Å². The molecule has 2 atom stereocenters. The second kappa shape index (κ2) is 6.51. The van der Waals surface area contributed by atoms with Gasteiger partial charge in [-0.05, 0) is 25.8 Å². The van der Waals surface area contributed by atoms with Crippen molar-refractivity contribution in [2.45, 2.75) is 31.8 Å². The van der Waals surface area contributed by atoms with Crippen LogP contribution in [0, 0.1) is 0 Å². The van der Waals surface area contributed by atoms with Crippen LogP contribution in [0.25, 0.3) is 0 Å². The van der Waals surface area contributed by atoms with Crippen LogP contribution in [0.3, 0.4) is 0 Å². The number of ether oxygens (including phenoxy) is 1. The second-order valence-electron chi connectivity index (χ2n) is 4.93. The third-order valence-corrected chi connectivity index (χ3v) is 3.41. The zero-order chi connectivity index (χ0) is 14.5. The molecule has 2 heterocycles. The van der Waals surface area contributed by atoms with Crippen molar-refractivity contribution in [3.05, 3.63) is 12.3 Å². The van der Waals surface area contributed by atoms with Crippen molar-refractivity contribution >= 4 is 17.7 Å². The van der Waals surface area contributed by atoms with Crippen molar-refractivity contribution < 1.29 is 14.6 Å². The second-order valence-corrected chi connectivity index (χ2v) is 4.93. The van der Waals surface area contributed by atoms with Crippen molar-refractivity contribution in [2.24, 2.45) is 0 Å². The van der Waals surface area contributed by atoms with Gasteiger partial charge in [0.25, 0.3) is 0 Å². The molecule has 1 aromatic heterocycles. The predicted molar refractivity (Wildman–Crippen MR) is 75.0 cm³/mol. The van der Waals surface area contributed by atoms with Gasteiger partial charge in [-0.3, -0.25) is 0 Å². The van der Waals surface area contributed by atoms with Gasteiger partial charge in [-0.1, -0.05) is 0 Å². The lowest BCUT2D eigenvalue weighted by Gasteiger charge is -2.25. The van der Waals surface area contributed by atoms with Crippen LogP contribution in [0.2, 0.25) is 0 Å². The number of carboxylic acids is 1. The molecule has 20 heavy (non-hydrogen) atoms. The molecule has 0 radical (unpaired) electrons. The summed E-state index contributed by atoms with van der Waals surface area (Å²) in [5.41, 5.74) is 0. The van der Waals surface area contributed by atoms with Crippen LogP contribution < -0.4 is 10.2 Å². The zero-order valence-electron chi connectivity index (χ0n) is 11.7. The largest absolute Gasteiger partial charge is 0.480 e. The van der Waals surface area contributed by atoms with E-state index < -0.39 is 12.0 Å². The summed E-state index contributed by atoms with van der Waals surface area (Å²) in [6.07, 6.45) is 3.70. The highest BCUT2D eigenvalue weighted by Crippen LogP contribution is 2.15. The van der Waals surface area contributed by atoms with Crippen molar-refractivity contribution in [3.8, 4) is 0 Å². The molecule has 0 aromatic carbocycles. The van der Waals surface area contributed by atoms with Gasteiger partial charge in [0.1, 0.15) is 11.9 Å². The van der Waals surface area contributed by atoms with Crippen LogP contribution in [-0.2, 0) is 9.53 Å². The highest BCUT2D eigenvalue weighted by Gasteiger charge is 2.20. The Morgan fingerprint density at radius 2 is 2.45 bits per heavy atom. The first-order valence-corrected chi connectivity index (χ1v) is 6.71. The molecule has 7 nitrogen and oxygen atoms in total. The Morgan fingerprint density at radius 3 is 3.10 bits per heavy atom. The topological polar surface area (TPSA) is 87.6 Å². The number of nitrogens with zero attached hydrogens (tertiary/aromatic N) is 3. The van der Waals surface area contributed by atoms with Crippen LogP contribution in [-0.4, -0.2) is 53.4 Å². The van der Waals surface area contributed by atoms with E-state index in [1.54, 1.807) is 26.2 Å². The van der Waals surface area contributed by atoms with Crippen LogP contribution in [0.4, 0.5) is 11.8 Å². The van der Waals surface area contributed by atoms with E-state index in [-0.39, 0.29) is 6.04 Å². The molecule has 0 spiro atoms. The fraction of sp³-hybridized carbons (Fsp3) is 0.615. The summed E-state index contributed by atoms with van der Waals surface area (Å²) >= 11 is 0. The number of likely N-dealkylation sites (N-methyl/N-ethyl adjacent to an activating group) is 1. The Balaban J connectivity index is 2.05. The highest BCUT2D eigenvalue weighted by atomic mass is 16.5. The first-order chi connectivity index (χ1) is 9.58. The number of carboxylic acid groups (broad SMARTS) is 1. The lowest BCUT2D eigenvalue weighted by atomic mass is 10.1. The van der Waals surface area contributed by atoms with Crippen LogP contribution in [0.1, 0.15) is 19.8 Å². The minimum atomic E-state index is -0.907. The van der Waals surface area contributed by atoms with E-state index in [0.717, 1.165) is 19.4 Å². The van der Waals surface area contributed by atoms with Gasteiger partial charge < -0.3 is 20.1 Å². The van der Waals surface area contributed by atoms with Crippen molar-refractivity contribution in [1.82, 2.24) is 9.97 Å². The van der Waals surface area contributed by atoms with Crippen molar-refractivity contribution in [3.63, 3.8) is 0 Å². The summed E-state index contributed by atoms with van der Waals surface area (Å²) in [5, 5.41) is 12.3. The quantitative estimate of drug-likeness (QED) is 0.831. The molecule has 0 aliphatic carbocycles. The molecule has 2 rings (SSSR count). The highest BCUT2D eigenvalue weighted by molar-refractivity contribution is 5.76. The lowest BCUT2D eigenvalue weighted by Crippen LogP contribution is -2.37. The van der Waals surface area contributed by atoms with Gasteiger partial charge in [-0.15, -0.1) is 0 Å². The molecule has 1 aromatic rings. The summed E-state index contributed by atoms with van der Waals surface area (Å²) in [7, 11) is 1.67. The van der Waals surface area contributed by atoms with Gasteiger partial charge in [0, 0.05) is 19.9 Å². The molecular formula is C13H20N4O3. The first-order valence-electron chi connectivity index (χ1n) is 6.71. The van der Waals surface area contributed by atoms with E-state index in [1.165, 1.54) is 4.90 Å². The van der Waals surface area contributed by atoms with E-state index in [2.05, 4.69) is 15.3 Å². The summed E-state index contributed by atoms with van der Waals surface area (Å²) in [6.45, 7) is 3.08. The molecule has 1 aliphatic heterocycles. The molecule has 1 fully saturated rings. The number of rotatable bonds is 5. The van der Waals surface area contributed by atoms with E-state index in [1.807, 2.05) is 0 Å². The van der Waals surface area contributed by atoms with Crippen LogP contribution in [0.15, 0.2) is 12.3 Å². The summed E-state index contributed by atoms with van der Waals surface area (Å²) < 4.78 is 5.41. The van der Waals surface area contributed by atoms with Crippen LogP contribution in [0.5, 0.6) is 0 Å². The maximum atomic E-state index is 11.0. The van der Waals surface area contributed by atoms with Gasteiger partial charge in [-0.2, -0.15) is 4.98 Å². The molecule has 0 saturated carbocycles. The summed E-state index contributed by atoms with van der Waals surface area (Å²) in [5.74, 6) is 0.173. The average Bonchev–Trinajstić information content (AvgIpc) is 2.47. The van der Waals surface area contributed by atoms with Gasteiger partial charge in [0.2, 0.25) is 5.95 Å². The Bertz CT molecular complexity index is 463. The summed E-state index contributed by atoms with van der Waals surface area (Å²) in [6, 6.07) is 1.34. The molecule has 2 unspecified atom stereocenters. The number of nitrogens with one attached hydrogen (secondary N) is 1. The van der Waals surface area contributed by atoms with Crippen LogP contribution >= 0.6 is 0 Å². The summed E-state index contributed by atoms with van der Waals surface area (Å²) in [4.78, 5) is 21.0. The minimum absolute atomic E-state index is 0.244. The van der Waals surface area contributed by atoms with E-state index in [9.17, 15) is 4.79 Å². The van der Waals surface area contributed by atoms with Gasteiger partial charge >= 0.3 is 5.97 Å². The molecule has 1 saturated heterocycles. The number of aromatic nitrogens is 2. The monoisotopic (exact) mass is 280 g/mol. The van der Waals surface area contributed by atoms with Crippen molar-refractivity contribution in [1.29, 1.82) is 0 Å². The average molecular weight is 280 g/mol. The molecule has 1 aliphatic rings. The number of hydrogen-bond donors (Lipinski definition) is 2. The Morgan fingerprint density at radius 1 is 1.65 bits per heavy atom. The maximum absolute atomic E-state index is 11.0. The van der Waals surface area contributed by atoms with Crippen molar-refractivity contribution in [2.75, 3.05) is 30.5 Å². The third-order valence-electron chi connectivity index (χ3n) is 3.41. The zero-order valence-corrected chi connectivity index (χ0v) is 11.7.